The summed E-state index contributed by atoms with van der Waals surface area (Å²) in [4.78, 5) is 39.7. The molecular formula is C28H26N2O7. The summed E-state index contributed by atoms with van der Waals surface area (Å²) in [5.74, 6) is 1.21. The van der Waals surface area contributed by atoms with Crippen molar-refractivity contribution in [3.05, 3.63) is 88.2 Å². The van der Waals surface area contributed by atoms with Crippen molar-refractivity contribution in [3.8, 4) is 23.0 Å². The van der Waals surface area contributed by atoms with Crippen LogP contribution in [0, 0.1) is 0 Å². The zero-order valence-corrected chi connectivity index (χ0v) is 20.9. The number of ether oxygens (including phenoxy) is 4. The fourth-order valence-corrected chi connectivity index (χ4v) is 3.96. The average molecular weight is 503 g/mol. The molecule has 1 heterocycles. The molecule has 0 saturated heterocycles. The van der Waals surface area contributed by atoms with E-state index in [1.807, 2.05) is 0 Å². The van der Waals surface area contributed by atoms with Crippen molar-refractivity contribution in [1.29, 1.82) is 0 Å². The second kappa shape index (κ2) is 10.9. The van der Waals surface area contributed by atoms with Gasteiger partial charge in [-0.3, -0.25) is 14.4 Å². The minimum Gasteiger partial charge on any atom is -0.497 e. The van der Waals surface area contributed by atoms with E-state index in [1.54, 1.807) is 65.2 Å². The molecule has 0 unspecified atom stereocenters. The van der Waals surface area contributed by atoms with Crippen LogP contribution in [0.25, 0.3) is 10.9 Å². The molecule has 4 aromatic rings. The Kier molecular flexibility index (Phi) is 7.43. The molecule has 37 heavy (non-hydrogen) atoms. The minimum atomic E-state index is -0.466. The quantitative estimate of drug-likeness (QED) is 0.346. The first-order valence-electron chi connectivity index (χ1n) is 11.3. The average Bonchev–Trinajstić information content (AvgIpc) is 2.93. The molecule has 3 aromatic carbocycles. The summed E-state index contributed by atoms with van der Waals surface area (Å²) in [7, 11) is 6.05. The Morgan fingerprint density at radius 1 is 0.784 bits per heavy atom. The number of aromatic nitrogens is 1. The molecule has 4 rings (SSSR count). The predicted molar refractivity (Wildman–Crippen MR) is 139 cm³/mol. The Morgan fingerprint density at radius 2 is 1.46 bits per heavy atom. The summed E-state index contributed by atoms with van der Waals surface area (Å²) in [6.45, 7) is -0.152. The van der Waals surface area contributed by atoms with E-state index in [0.717, 1.165) is 0 Å². The van der Waals surface area contributed by atoms with E-state index in [0.29, 0.717) is 39.8 Å². The van der Waals surface area contributed by atoms with E-state index >= 15 is 0 Å². The summed E-state index contributed by atoms with van der Waals surface area (Å²) in [6.07, 6.45) is 1.41. The van der Waals surface area contributed by atoms with E-state index in [9.17, 15) is 14.4 Å². The molecule has 0 radical (unpaired) electrons. The lowest BCUT2D eigenvalue weighted by molar-refractivity contribution is -0.116. The van der Waals surface area contributed by atoms with Gasteiger partial charge in [0.1, 0.15) is 18.0 Å². The van der Waals surface area contributed by atoms with Gasteiger partial charge in [0.25, 0.3) is 0 Å². The van der Waals surface area contributed by atoms with Crippen molar-refractivity contribution < 1.29 is 28.5 Å². The van der Waals surface area contributed by atoms with Crippen molar-refractivity contribution in [2.24, 2.45) is 0 Å². The van der Waals surface area contributed by atoms with Gasteiger partial charge in [0.15, 0.2) is 17.3 Å². The molecule has 0 fully saturated rings. The molecule has 1 aromatic heterocycles. The number of pyridine rings is 1. The molecule has 9 nitrogen and oxygen atoms in total. The molecule has 1 N–H and O–H groups in total. The lowest BCUT2D eigenvalue weighted by atomic mass is 10.0. The second-order valence-electron chi connectivity index (χ2n) is 8.06. The highest BCUT2D eigenvalue weighted by atomic mass is 16.5. The van der Waals surface area contributed by atoms with Crippen LogP contribution >= 0.6 is 0 Å². The van der Waals surface area contributed by atoms with Gasteiger partial charge in [-0.2, -0.15) is 0 Å². The number of nitrogens with one attached hydrogen (secondary N) is 1. The van der Waals surface area contributed by atoms with Crippen LogP contribution in [0.5, 0.6) is 23.0 Å². The van der Waals surface area contributed by atoms with E-state index in [4.69, 9.17) is 18.9 Å². The maximum atomic E-state index is 13.4. The summed E-state index contributed by atoms with van der Waals surface area (Å²) in [5.41, 5.74) is 0.793. The Hall–Kier alpha value is -4.79. The Morgan fingerprint density at radius 3 is 2.11 bits per heavy atom. The van der Waals surface area contributed by atoms with Crippen molar-refractivity contribution >= 4 is 28.3 Å². The summed E-state index contributed by atoms with van der Waals surface area (Å²) in [5, 5.41) is 3.08. The maximum absolute atomic E-state index is 13.4. The molecule has 1 amide bonds. The number of anilines is 1. The summed E-state index contributed by atoms with van der Waals surface area (Å²) < 4.78 is 22.5. The van der Waals surface area contributed by atoms with Gasteiger partial charge >= 0.3 is 0 Å². The molecular weight excluding hydrogens is 476 g/mol. The van der Waals surface area contributed by atoms with Gasteiger partial charge in [-0.05, 0) is 54.6 Å². The summed E-state index contributed by atoms with van der Waals surface area (Å²) in [6, 6.07) is 16.4. The van der Waals surface area contributed by atoms with Crippen LogP contribution in [0.3, 0.4) is 0 Å². The van der Waals surface area contributed by atoms with E-state index in [1.165, 1.54) is 34.6 Å². The number of carbonyl (C=O) groups is 2. The topological polar surface area (TPSA) is 105 Å². The SMILES string of the molecule is COc1ccc(C(=O)c2cn(CC(=O)Nc3ccc(OC)c(OC)c3)c3ccc(OC)cc3c2=O)cc1. The van der Waals surface area contributed by atoms with E-state index in [2.05, 4.69) is 5.32 Å². The first kappa shape index (κ1) is 25.3. The number of nitrogens with zero attached hydrogens (tertiary/aromatic N) is 1. The molecule has 0 aliphatic heterocycles. The monoisotopic (exact) mass is 502 g/mol. The minimum absolute atomic E-state index is 0.0650. The predicted octanol–water partition coefficient (Wildman–Crippen LogP) is 3.91. The Labute approximate surface area is 213 Å². The normalized spacial score (nSPS) is 10.6. The van der Waals surface area contributed by atoms with Crippen LogP contribution in [-0.4, -0.2) is 44.7 Å². The molecule has 0 aliphatic rings. The van der Waals surface area contributed by atoms with Crippen LogP contribution in [-0.2, 0) is 11.3 Å². The van der Waals surface area contributed by atoms with Gasteiger partial charge < -0.3 is 28.8 Å². The fraction of sp³-hybridized carbons (Fsp3) is 0.179. The number of fused-ring (bicyclic) bond motifs is 1. The van der Waals surface area contributed by atoms with Crippen molar-refractivity contribution in [2.45, 2.75) is 6.54 Å². The zero-order valence-electron chi connectivity index (χ0n) is 20.9. The van der Waals surface area contributed by atoms with E-state index in [-0.39, 0.29) is 23.4 Å². The standard InChI is InChI=1S/C28H26N2O7/c1-34-19-8-5-17(6-9-19)27(32)22-15-30(23-11-10-20(35-2)14-21(23)28(22)33)16-26(31)29-18-7-12-24(36-3)25(13-18)37-4/h5-15H,16H2,1-4H3,(H,29,31). The highest BCUT2D eigenvalue weighted by Crippen LogP contribution is 2.30. The summed E-state index contributed by atoms with van der Waals surface area (Å²) >= 11 is 0. The van der Waals surface area contributed by atoms with Crippen molar-refractivity contribution in [3.63, 3.8) is 0 Å². The number of carbonyl (C=O) groups excluding carboxylic acids is 2. The van der Waals surface area contributed by atoms with Crippen LogP contribution < -0.4 is 29.7 Å². The maximum Gasteiger partial charge on any atom is 0.244 e. The van der Waals surface area contributed by atoms with E-state index < -0.39 is 11.2 Å². The smallest absolute Gasteiger partial charge is 0.244 e. The van der Waals surface area contributed by atoms with Crippen LogP contribution in [0.2, 0.25) is 0 Å². The number of hydrogen-bond donors (Lipinski definition) is 1. The highest BCUT2D eigenvalue weighted by molar-refractivity contribution is 6.10. The van der Waals surface area contributed by atoms with Crippen molar-refractivity contribution in [2.75, 3.05) is 33.8 Å². The van der Waals surface area contributed by atoms with Crippen LogP contribution in [0.15, 0.2) is 71.7 Å². The van der Waals surface area contributed by atoms with Gasteiger partial charge in [-0.15, -0.1) is 0 Å². The lowest BCUT2D eigenvalue weighted by Crippen LogP contribution is -2.24. The number of rotatable bonds is 9. The third-order valence-electron chi connectivity index (χ3n) is 5.87. The number of ketones is 1. The van der Waals surface area contributed by atoms with Crippen LogP contribution in [0.1, 0.15) is 15.9 Å². The van der Waals surface area contributed by atoms with Crippen molar-refractivity contribution in [1.82, 2.24) is 4.57 Å². The second-order valence-corrected chi connectivity index (χ2v) is 8.06. The zero-order chi connectivity index (χ0) is 26.5. The third kappa shape index (κ3) is 5.25. The molecule has 0 aliphatic carbocycles. The molecule has 0 atom stereocenters. The largest absolute Gasteiger partial charge is 0.497 e. The highest BCUT2D eigenvalue weighted by Gasteiger charge is 2.19. The molecule has 9 heteroatoms. The Balaban J connectivity index is 1.73. The number of methoxy groups -OCH3 is 4. The molecule has 190 valence electrons. The van der Waals surface area contributed by atoms with Gasteiger partial charge in [0, 0.05) is 23.5 Å². The fourth-order valence-electron chi connectivity index (χ4n) is 3.96. The van der Waals surface area contributed by atoms with Gasteiger partial charge in [-0.25, -0.2) is 0 Å². The number of amides is 1. The first-order valence-corrected chi connectivity index (χ1v) is 11.3. The lowest BCUT2D eigenvalue weighted by Gasteiger charge is -2.15. The number of benzene rings is 3. The Bertz CT molecular complexity index is 1520. The third-order valence-corrected chi connectivity index (χ3v) is 5.87. The van der Waals surface area contributed by atoms with Gasteiger partial charge in [0.05, 0.1) is 44.9 Å². The number of hydrogen-bond acceptors (Lipinski definition) is 7. The van der Waals surface area contributed by atoms with Crippen LogP contribution in [0.4, 0.5) is 5.69 Å². The molecule has 0 bridgehead atoms. The molecule has 0 spiro atoms. The first-order chi connectivity index (χ1) is 17.9. The van der Waals surface area contributed by atoms with Gasteiger partial charge in [0.2, 0.25) is 11.3 Å². The molecule has 0 saturated carbocycles. The van der Waals surface area contributed by atoms with Gasteiger partial charge in [-0.1, -0.05) is 0 Å².